The van der Waals surface area contributed by atoms with Crippen molar-refractivity contribution in [3.05, 3.63) is 22.8 Å². The van der Waals surface area contributed by atoms with Crippen molar-refractivity contribution in [1.82, 2.24) is 9.88 Å². The van der Waals surface area contributed by atoms with Crippen LogP contribution in [0.4, 0.5) is 5.82 Å². The van der Waals surface area contributed by atoms with Crippen LogP contribution in [0.3, 0.4) is 0 Å². The monoisotopic (exact) mass is 293 g/mol. The molecule has 2 aliphatic heterocycles. The van der Waals surface area contributed by atoms with E-state index >= 15 is 0 Å². The molecule has 0 aromatic carbocycles. The number of nitrogen functional groups attached to an aromatic ring is 1. The fourth-order valence-corrected chi connectivity index (χ4v) is 3.53. The normalized spacial score (nSPS) is 23.4. The maximum absolute atomic E-state index is 7.56. The summed E-state index contributed by atoms with van der Waals surface area (Å²) in [5, 5.41) is 8.06. The number of hydrogen-bond donors (Lipinski definition) is 2. The second-order valence-electron chi connectivity index (χ2n) is 5.54. The van der Waals surface area contributed by atoms with Gasteiger partial charge in [0.05, 0.1) is 5.02 Å². The molecule has 1 atom stereocenters. The standard InChI is InChI=1S/C14H20ClN5/c15-12-11(13(16)17)3-5-18-14(12)20-8-4-10(9-20)19-6-1-2-7-19/h3,5,10H,1-2,4,6-9H2,(H3,16,17). The highest BCUT2D eigenvalue weighted by Crippen LogP contribution is 2.31. The number of rotatable bonds is 3. The van der Waals surface area contributed by atoms with Crippen molar-refractivity contribution < 1.29 is 0 Å². The first-order chi connectivity index (χ1) is 9.66. The first-order valence-corrected chi connectivity index (χ1v) is 7.52. The number of pyridine rings is 1. The van der Waals surface area contributed by atoms with Gasteiger partial charge in [-0.2, -0.15) is 0 Å². The Balaban J connectivity index is 1.77. The highest BCUT2D eigenvalue weighted by atomic mass is 35.5. The first-order valence-electron chi connectivity index (χ1n) is 7.14. The van der Waals surface area contributed by atoms with Crippen LogP contribution >= 0.6 is 11.6 Å². The number of likely N-dealkylation sites (tertiary alicyclic amines) is 1. The molecule has 0 aliphatic carbocycles. The van der Waals surface area contributed by atoms with Gasteiger partial charge >= 0.3 is 0 Å². The lowest BCUT2D eigenvalue weighted by Crippen LogP contribution is -2.35. The van der Waals surface area contributed by atoms with Crippen molar-refractivity contribution in [2.45, 2.75) is 25.3 Å². The molecule has 1 aromatic rings. The lowest BCUT2D eigenvalue weighted by molar-refractivity contribution is 0.260. The van der Waals surface area contributed by atoms with Crippen molar-refractivity contribution in [1.29, 1.82) is 5.41 Å². The fourth-order valence-electron chi connectivity index (χ4n) is 3.20. The van der Waals surface area contributed by atoms with E-state index in [4.69, 9.17) is 22.7 Å². The van der Waals surface area contributed by atoms with Gasteiger partial charge in [0.2, 0.25) is 0 Å². The summed E-state index contributed by atoms with van der Waals surface area (Å²) in [4.78, 5) is 9.18. The predicted octanol–water partition coefficient (Wildman–Crippen LogP) is 1.69. The average molecular weight is 294 g/mol. The largest absolute Gasteiger partial charge is 0.384 e. The van der Waals surface area contributed by atoms with Crippen LogP contribution in [0, 0.1) is 5.41 Å². The number of amidine groups is 1. The van der Waals surface area contributed by atoms with E-state index in [1.165, 1.54) is 25.9 Å². The predicted molar refractivity (Wildman–Crippen MR) is 81.7 cm³/mol. The topological polar surface area (TPSA) is 69.2 Å². The molecule has 5 nitrogen and oxygen atoms in total. The van der Waals surface area contributed by atoms with Crippen LogP contribution in [0.2, 0.25) is 5.02 Å². The molecule has 1 aromatic heterocycles. The number of anilines is 1. The van der Waals surface area contributed by atoms with Gasteiger partial charge in [0, 0.05) is 30.9 Å². The van der Waals surface area contributed by atoms with Crippen LogP contribution in [-0.2, 0) is 0 Å². The van der Waals surface area contributed by atoms with Crippen LogP contribution in [0.1, 0.15) is 24.8 Å². The molecule has 0 bridgehead atoms. The molecule has 6 heteroatoms. The lowest BCUT2D eigenvalue weighted by atomic mass is 10.2. The summed E-state index contributed by atoms with van der Waals surface area (Å²) in [6.45, 7) is 4.36. The second-order valence-corrected chi connectivity index (χ2v) is 5.92. The van der Waals surface area contributed by atoms with Crippen molar-refractivity contribution in [3.8, 4) is 0 Å². The van der Waals surface area contributed by atoms with Gasteiger partial charge in [0.25, 0.3) is 0 Å². The molecule has 0 amide bonds. The Labute approximate surface area is 124 Å². The van der Waals surface area contributed by atoms with E-state index in [1.807, 2.05) is 0 Å². The molecular weight excluding hydrogens is 274 g/mol. The minimum Gasteiger partial charge on any atom is -0.384 e. The van der Waals surface area contributed by atoms with Crippen LogP contribution in [-0.4, -0.2) is 47.9 Å². The van der Waals surface area contributed by atoms with Crippen LogP contribution in [0.25, 0.3) is 0 Å². The molecule has 3 rings (SSSR count). The number of nitrogens with zero attached hydrogens (tertiary/aromatic N) is 3. The van der Waals surface area contributed by atoms with Crippen molar-refractivity contribution in [3.63, 3.8) is 0 Å². The zero-order chi connectivity index (χ0) is 14.1. The average Bonchev–Trinajstić information content (AvgIpc) is 3.09. The maximum atomic E-state index is 7.56. The van der Waals surface area contributed by atoms with Gasteiger partial charge in [-0.15, -0.1) is 0 Å². The summed E-state index contributed by atoms with van der Waals surface area (Å²) in [5.74, 6) is 0.759. The SMILES string of the molecule is N=C(N)c1ccnc(N2CCC(N3CCCC3)C2)c1Cl. The Morgan fingerprint density at radius 2 is 2.10 bits per heavy atom. The molecule has 108 valence electrons. The fraction of sp³-hybridized carbons (Fsp3) is 0.571. The molecule has 0 spiro atoms. The van der Waals surface area contributed by atoms with E-state index in [0.29, 0.717) is 16.6 Å². The van der Waals surface area contributed by atoms with E-state index < -0.39 is 0 Å². The molecule has 20 heavy (non-hydrogen) atoms. The quantitative estimate of drug-likeness (QED) is 0.657. The summed E-state index contributed by atoms with van der Waals surface area (Å²) < 4.78 is 0. The number of aromatic nitrogens is 1. The number of nitrogens with two attached hydrogens (primary N) is 1. The van der Waals surface area contributed by atoms with Crippen molar-refractivity contribution in [2.24, 2.45) is 5.73 Å². The van der Waals surface area contributed by atoms with Gasteiger partial charge in [-0.05, 0) is 38.4 Å². The first kappa shape index (κ1) is 13.6. The molecular formula is C14H20ClN5. The van der Waals surface area contributed by atoms with Crippen LogP contribution in [0.5, 0.6) is 0 Å². The van der Waals surface area contributed by atoms with E-state index in [0.717, 1.165) is 25.3 Å². The van der Waals surface area contributed by atoms with Gasteiger partial charge in [0.15, 0.2) is 0 Å². The van der Waals surface area contributed by atoms with E-state index in [9.17, 15) is 0 Å². The van der Waals surface area contributed by atoms with Crippen molar-refractivity contribution in [2.75, 3.05) is 31.1 Å². The second kappa shape index (κ2) is 5.58. The van der Waals surface area contributed by atoms with Gasteiger partial charge in [-0.25, -0.2) is 4.98 Å². The smallest absolute Gasteiger partial charge is 0.148 e. The molecule has 1 unspecified atom stereocenters. The summed E-state index contributed by atoms with van der Waals surface area (Å²) in [6.07, 6.45) is 5.47. The van der Waals surface area contributed by atoms with Crippen LogP contribution < -0.4 is 10.6 Å². The van der Waals surface area contributed by atoms with E-state index in [2.05, 4.69) is 14.8 Å². The Morgan fingerprint density at radius 1 is 1.35 bits per heavy atom. The number of nitrogens with one attached hydrogen (secondary N) is 1. The molecule has 2 aliphatic rings. The van der Waals surface area contributed by atoms with Gasteiger partial charge in [-0.3, -0.25) is 10.3 Å². The van der Waals surface area contributed by atoms with E-state index in [-0.39, 0.29) is 5.84 Å². The minimum absolute atomic E-state index is 0.00561. The van der Waals surface area contributed by atoms with E-state index in [1.54, 1.807) is 12.3 Å². The number of halogens is 1. The van der Waals surface area contributed by atoms with Gasteiger partial charge in [0.1, 0.15) is 11.7 Å². The number of hydrogen-bond acceptors (Lipinski definition) is 4. The molecule has 3 heterocycles. The van der Waals surface area contributed by atoms with Crippen LogP contribution in [0.15, 0.2) is 12.3 Å². The Kier molecular flexibility index (Phi) is 3.81. The Bertz CT molecular complexity index is 512. The summed E-state index contributed by atoms with van der Waals surface area (Å²) in [7, 11) is 0. The highest BCUT2D eigenvalue weighted by Gasteiger charge is 2.31. The molecule has 2 saturated heterocycles. The van der Waals surface area contributed by atoms with Gasteiger partial charge in [-0.1, -0.05) is 11.6 Å². The summed E-state index contributed by atoms with van der Waals surface area (Å²) in [5.41, 5.74) is 6.12. The third-order valence-electron chi connectivity index (χ3n) is 4.28. The molecule has 0 saturated carbocycles. The minimum atomic E-state index is -0.00561. The zero-order valence-corrected chi connectivity index (χ0v) is 12.2. The Morgan fingerprint density at radius 3 is 2.80 bits per heavy atom. The zero-order valence-electron chi connectivity index (χ0n) is 11.5. The maximum Gasteiger partial charge on any atom is 0.148 e. The molecule has 0 radical (unpaired) electrons. The summed E-state index contributed by atoms with van der Waals surface area (Å²) >= 11 is 6.35. The van der Waals surface area contributed by atoms with Gasteiger partial charge < -0.3 is 10.6 Å². The molecule has 3 N–H and O–H groups in total. The molecule has 2 fully saturated rings. The highest BCUT2D eigenvalue weighted by molar-refractivity contribution is 6.36. The lowest BCUT2D eigenvalue weighted by Gasteiger charge is -2.24. The summed E-state index contributed by atoms with van der Waals surface area (Å²) in [6, 6.07) is 2.30. The third kappa shape index (κ3) is 2.47. The Hall–Kier alpha value is -1.33. The van der Waals surface area contributed by atoms with Crippen molar-refractivity contribution >= 4 is 23.3 Å². The third-order valence-corrected chi connectivity index (χ3v) is 4.65.